The lowest BCUT2D eigenvalue weighted by molar-refractivity contribution is 0.854. The van der Waals surface area contributed by atoms with Gasteiger partial charge in [0.2, 0.25) is 0 Å². The molecule has 0 radical (unpaired) electrons. The third kappa shape index (κ3) is 1.56. The highest BCUT2D eigenvalue weighted by Crippen LogP contribution is 2.35. The molecule has 0 saturated heterocycles. The summed E-state index contributed by atoms with van der Waals surface area (Å²) < 4.78 is 1.55. The van der Waals surface area contributed by atoms with Crippen LogP contribution in [-0.4, -0.2) is 15.0 Å². The van der Waals surface area contributed by atoms with Crippen molar-refractivity contribution in [3.8, 4) is 0 Å². The average Bonchev–Trinajstić information content (AvgIpc) is 2.54. The van der Waals surface area contributed by atoms with E-state index in [1.807, 2.05) is 24.5 Å². The fraction of sp³-hybridized carbons (Fsp3) is 0.143. The van der Waals surface area contributed by atoms with Crippen molar-refractivity contribution in [1.29, 1.82) is 0 Å². The summed E-state index contributed by atoms with van der Waals surface area (Å²) in [7, 11) is 0. The largest absolute Gasteiger partial charge is 0.264 e. The Hall–Kier alpha value is -0.680. The standard InChI is InChI=1S/C7H7N3S2/c11-10-9-5-7(12-10)6-2-1-3-8-4-6/h1-5,7,11H. The van der Waals surface area contributed by atoms with Crippen LogP contribution >= 0.6 is 24.8 Å². The van der Waals surface area contributed by atoms with Gasteiger partial charge in [0.1, 0.15) is 0 Å². The van der Waals surface area contributed by atoms with Gasteiger partial charge in [0.05, 0.1) is 5.25 Å². The van der Waals surface area contributed by atoms with Crippen LogP contribution in [0, 0.1) is 0 Å². The molecule has 0 N–H and O–H groups in total. The summed E-state index contributed by atoms with van der Waals surface area (Å²) in [6.45, 7) is 0. The van der Waals surface area contributed by atoms with Crippen LogP contribution < -0.4 is 0 Å². The molecule has 0 spiro atoms. The summed E-state index contributed by atoms with van der Waals surface area (Å²) >= 11 is 5.63. The first-order chi connectivity index (χ1) is 5.86. The second-order valence-electron chi connectivity index (χ2n) is 2.33. The number of hydrogen-bond acceptors (Lipinski definition) is 5. The highest BCUT2D eigenvalue weighted by Gasteiger charge is 2.18. The van der Waals surface area contributed by atoms with E-state index in [0.717, 1.165) is 5.56 Å². The fourth-order valence-corrected chi connectivity index (χ4v) is 2.01. The Balaban J connectivity index is 2.18. The van der Waals surface area contributed by atoms with Crippen molar-refractivity contribution in [2.24, 2.45) is 5.10 Å². The normalized spacial score (nSPS) is 21.8. The molecule has 0 fully saturated rings. The summed E-state index contributed by atoms with van der Waals surface area (Å²) in [5.41, 5.74) is 1.16. The van der Waals surface area contributed by atoms with Crippen molar-refractivity contribution in [2.45, 2.75) is 5.25 Å². The van der Waals surface area contributed by atoms with Crippen molar-refractivity contribution >= 4 is 31.0 Å². The first-order valence-corrected chi connectivity index (χ1v) is 4.70. The first-order valence-electron chi connectivity index (χ1n) is 3.46. The van der Waals surface area contributed by atoms with E-state index in [2.05, 4.69) is 22.9 Å². The zero-order chi connectivity index (χ0) is 8.39. The van der Waals surface area contributed by atoms with Crippen molar-refractivity contribution < 1.29 is 0 Å². The van der Waals surface area contributed by atoms with E-state index in [1.54, 1.807) is 22.0 Å². The second-order valence-corrected chi connectivity index (χ2v) is 4.04. The number of aromatic nitrogens is 1. The highest BCUT2D eigenvalue weighted by molar-refractivity contribution is 8.06. The lowest BCUT2D eigenvalue weighted by Crippen LogP contribution is -1.92. The topological polar surface area (TPSA) is 28.5 Å². The van der Waals surface area contributed by atoms with Crippen LogP contribution in [0.3, 0.4) is 0 Å². The molecular formula is C7H7N3S2. The maximum Gasteiger partial charge on any atom is 0.0908 e. The molecule has 1 aliphatic heterocycles. The Bertz CT molecular complexity index is 288. The third-order valence-corrected chi connectivity index (χ3v) is 2.81. The lowest BCUT2D eigenvalue weighted by Gasteiger charge is -2.06. The molecule has 0 bridgehead atoms. The zero-order valence-corrected chi connectivity index (χ0v) is 7.87. The lowest BCUT2D eigenvalue weighted by atomic mass is 10.2. The predicted octanol–water partition coefficient (Wildman–Crippen LogP) is 1.92. The molecule has 1 aliphatic rings. The summed E-state index contributed by atoms with van der Waals surface area (Å²) in [6, 6.07) is 3.95. The fourth-order valence-electron chi connectivity index (χ4n) is 0.965. The molecule has 0 aliphatic carbocycles. The number of hydrazone groups is 1. The van der Waals surface area contributed by atoms with Gasteiger partial charge in [-0.2, -0.15) is 8.92 Å². The molecule has 62 valence electrons. The molecule has 1 unspecified atom stereocenters. The van der Waals surface area contributed by atoms with E-state index in [0.29, 0.717) is 0 Å². The van der Waals surface area contributed by atoms with Crippen molar-refractivity contribution in [2.75, 3.05) is 0 Å². The molecule has 0 aromatic carbocycles. The molecule has 1 atom stereocenters. The Kier molecular flexibility index (Phi) is 2.23. The first kappa shape index (κ1) is 7.94. The molecule has 1 aromatic heterocycles. The molecule has 0 saturated carbocycles. The number of nitrogens with zero attached hydrogens (tertiary/aromatic N) is 3. The molecule has 2 heterocycles. The maximum absolute atomic E-state index is 4.08. The van der Waals surface area contributed by atoms with Crippen LogP contribution in [0.1, 0.15) is 10.8 Å². The van der Waals surface area contributed by atoms with Crippen LogP contribution in [0.15, 0.2) is 29.6 Å². The van der Waals surface area contributed by atoms with E-state index in [4.69, 9.17) is 0 Å². The van der Waals surface area contributed by atoms with Gasteiger partial charge in [-0.1, -0.05) is 6.07 Å². The van der Waals surface area contributed by atoms with Gasteiger partial charge in [-0.25, -0.2) is 0 Å². The minimum atomic E-state index is 0.260. The quantitative estimate of drug-likeness (QED) is 0.551. The van der Waals surface area contributed by atoms with E-state index >= 15 is 0 Å². The third-order valence-electron chi connectivity index (χ3n) is 1.52. The van der Waals surface area contributed by atoms with Gasteiger partial charge in [-0.3, -0.25) is 4.98 Å². The van der Waals surface area contributed by atoms with Crippen LogP contribution in [0.4, 0.5) is 0 Å². The number of rotatable bonds is 1. The van der Waals surface area contributed by atoms with E-state index < -0.39 is 0 Å². The molecule has 12 heavy (non-hydrogen) atoms. The van der Waals surface area contributed by atoms with Gasteiger partial charge in [0.15, 0.2) is 0 Å². The SMILES string of the molecule is SN1N=CC(c2cccnc2)S1. The molecule has 0 amide bonds. The van der Waals surface area contributed by atoms with Crippen LogP contribution in [0.5, 0.6) is 0 Å². The molecule has 2 rings (SSSR count). The van der Waals surface area contributed by atoms with Crippen LogP contribution in [0.25, 0.3) is 0 Å². The summed E-state index contributed by atoms with van der Waals surface area (Å²) in [6.07, 6.45) is 5.46. The van der Waals surface area contributed by atoms with Crippen molar-refractivity contribution in [1.82, 2.24) is 8.80 Å². The van der Waals surface area contributed by atoms with E-state index in [-0.39, 0.29) is 5.25 Å². The van der Waals surface area contributed by atoms with Gasteiger partial charge in [0.25, 0.3) is 0 Å². The Labute approximate surface area is 80.5 Å². The van der Waals surface area contributed by atoms with E-state index in [9.17, 15) is 0 Å². The Morgan fingerprint density at radius 1 is 1.58 bits per heavy atom. The van der Waals surface area contributed by atoms with Gasteiger partial charge < -0.3 is 0 Å². The molecule has 5 heteroatoms. The number of pyridine rings is 1. The highest BCUT2D eigenvalue weighted by atomic mass is 32.2. The monoisotopic (exact) mass is 197 g/mol. The van der Waals surface area contributed by atoms with Gasteiger partial charge >= 0.3 is 0 Å². The van der Waals surface area contributed by atoms with Gasteiger partial charge in [-0.15, -0.1) is 0 Å². The minimum Gasteiger partial charge on any atom is -0.264 e. The maximum atomic E-state index is 4.08. The van der Waals surface area contributed by atoms with Crippen molar-refractivity contribution in [3.63, 3.8) is 0 Å². The minimum absolute atomic E-state index is 0.260. The zero-order valence-electron chi connectivity index (χ0n) is 6.16. The molecule has 1 aromatic rings. The smallest absolute Gasteiger partial charge is 0.0908 e. The Morgan fingerprint density at radius 2 is 2.50 bits per heavy atom. The van der Waals surface area contributed by atoms with Crippen LogP contribution in [0.2, 0.25) is 0 Å². The average molecular weight is 197 g/mol. The molecular weight excluding hydrogens is 190 g/mol. The Morgan fingerprint density at radius 3 is 3.08 bits per heavy atom. The summed E-state index contributed by atoms with van der Waals surface area (Å²) in [5, 5.41) is 4.26. The van der Waals surface area contributed by atoms with E-state index in [1.165, 1.54) is 0 Å². The van der Waals surface area contributed by atoms with Gasteiger partial charge in [-0.05, 0) is 36.4 Å². The second kappa shape index (κ2) is 3.37. The summed E-state index contributed by atoms with van der Waals surface area (Å²) in [4.78, 5) is 4.04. The number of thiol groups is 1. The number of hydrogen-bond donors (Lipinski definition) is 1. The van der Waals surface area contributed by atoms with Gasteiger partial charge in [0, 0.05) is 18.6 Å². The molecule has 3 nitrogen and oxygen atoms in total. The predicted molar refractivity (Wildman–Crippen MR) is 53.9 cm³/mol. The summed E-state index contributed by atoms with van der Waals surface area (Å²) in [5.74, 6) is 0. The van der Waals surface area contributed by atoms with Crippen molar-refractivity contribution in [3.05, 3.63) is 30.1 Å². The van der Waals surface area contributed by atoms with Crippen LogP contribution in [-0.2, 0) is 0 Å².